The zero-order valence-corrected chi connectivity index (χ0v) is 25.0. The molecule has 1 atom stereocenters. The molecule has 0 unspecified atom stereocenters. The average Bonchev–Trinajstić information content (AvgIpc) is 3.46. The Kier molecular flexibility index (Phi) is 9.84. The largest absolute Gasteiger partial charge is 0.460 e. The lowest BCUT2D eigenvalue weighted by molar-refractivity contribution is -0.121. The van der Waals surface area contributed by atoms with Crippen LogP contribution in [0, 0.1) is 18.3 Å². The molecule has 0 fully saturated rings. The molecule has 2 amide bonds. The van der Waals surface area contributed by atoms with E-state index in [1.807, 2.05) is 30.3 Å². The Hall–Kier alpha value is -4.38. The number of carbonyl (C=O) groups is 2. The van der Waals surface area contributed by atoms with Gasteiger partial charge in [0, 0.05) is 30.6 Å². The van der Waals surface area contributed by atoms with E-state index in [0.717, 1.165) is 11.3 Å². The molecule has 216 valence electrons. The van der Waals surface area contributed by atoms with Crippen molar-refractivity contribution >= 4 is 23.4 Å². The zero-order chi connectivity index (χ0) is 30.3. The molecule has 0 radical (unpaired) electrons. The predicted octanol–water partition coefficient (Wildman–Crippen LogP) is 6.28. The van der Waals surface area contributed by atoms with Gasteiger partial charge in [-0.15, -0.1) is 0 Å². The fourth-order valence-corrected chi connectivity index (χ4v) is 4.83. The number of rotatable bonds is 11. The maximum absolute atomic E-state index is 13.4. The number of halogens is 1. The van der Waals surface area contributed by atoms with Gasteiger partial charge in [-0.2, -0.15) is 5.26 Å². The summed E-state index contributed by atoms with van der Waals surface area (Å²) in [5, 5.41) is 18.5. The van der Waals surface area contributed by atoms with Crippen LogP contribution in [0.4, 0.5) is 0 Å². The van der Waals surface area contributed by atoms with Gasteiger partial charge in [-0.25, -0.2) is 0 Å². The number of aryl methyl sites for hydroxylation is 1. The predicted molar refractivity (Wildman–Crippen MR) is 165 cm³/mol. The molecular formula is C34H35ClN4O3. The van der Waals surface area contributed by atoms with E-state index >= 15 is 0 Å². The highest BCUT2D eigenvalue weighted by molar-refractivity contribution is 6.34. The van der Waals surface area contributed by atoms with Crippen molar-refractivity contribution in [1.82, 2.24) is 16.0 Å². The Bertz CT molecular complexity index is 1580. The quantitative estimate of drug-likeness (QED) is 0.193. The van der Waals surface area contributed by atoms with Crippen LogP contribution in [-0.2, 0) is 23.3 Å². The SMILES string of the molecule is CNC(=O)C[C@@H](Cc1ccc(C#N)cc1)NC(=O)c1cc(-c2ccc(CNC(C)(C)c3ccc(C)cc3)o2)ccc1Cl. The first-order chi connectivity index (χ1) is 20.1. The van der Waals surface area contributed by atoms with Crippen LogP contribution in [0.5, 0.6) is 0 Å². The monoisotopic (exact) mass is 582 g/mol. The molecule has 3 N–H and O–H groups in total. The summed E-state index contributed by atoms with van der Waals surface area (Å²) in [6, 6.07) is 26.1. The highest BCUT2D eigenvalue weighted by Crippen LogP contribution is 2.28. The van der Waals surface area contributed by atoms with Crippen LogP contribution < -0.4 is 16.0 Å². The maximum atomic E-state index is 13.4. The Morgan fingerprint density at radius 2 is 1.71 bits per heavy atom. The van der Waals surface area contributed by atoms with Crippen molar-refractivity contribution in [3.05, 3.63) is 117 Å². The summed E-state index contributed by atoms with van der Waals surface area (Å²) in [7, 11) is 1.56. The molecule has 42 heavy (non-hydrogen) atoms. The molecule has 0 bridgehead atoms. The van der Waals surface area contributed by atoms with E-state index in [1.54, 1.807) is 31.3 Å². The number of amides is 2. The van der Waals surface area contributed by atoms with Gasteiger partial charge in [0.1, 0.15) is 11.5 Å². The van der Waals surface area contributed by atoms with Crippen molar-refractivity contribution in [3.63, 3.8) is 0 Å². The second kappa shape index (κ2) is 13.5. The highest BCUT2D eigenvalue weighted by Gasteiger charge is 2.22. The van der Waals surface area contributed by atoms with Gasteiger partial charge in [0.25, 0.3) is 5.91 Å². The molecule has 7 nitrogen and oxygen atoms in total. The van der Waals surface area contributed by atoms with Crippen LogP contribution in [0.3, 0.4) is 0 Å². The van der Waals surface area contributed by atoms with Gasteiger partial charge in [0.2, 0.25) is 5.91 Å². The van der Waals surface area contributed by atoms with E-state index in [0.29, 0.717) is 34.9 Å². The van der Waals surface area contributed by atoms with Gasteiger partial charge < -0.3 is 20.4 Å². The third-order valence-corrected chi connectivity index (χ3v) is 7.58. The van der Waals surface area contributed by atoms with Crippen molar-refractivity contribution in [1.29, 1.82) is 5.26 Å². The van der Waals surface area contributed by atoms with E-state index in [9.17, 15) is 9.59 Å². The molecule has 4 aromatic rings. The topological polar surface area (TPSA) is 107 Å². The molecule has 0 aliphatic carbocycles. The van der Waals surface area contributed by atoms with Gasteiger partial charge in [-0.1, -0.05) is 53.6 Å². The van der Waals surface area contributed by atoms with Gasteiger partial charge in [0.05, 0.1) is 28.8 Å². The standard InChI is InChI=1S/C34H35ClN4O3/c1-22-5-12-26(13-6-22)34(2,3)38-21-28-14-16-31(42-28)25-11-15-30(35)29(18-25)33(41)39-27(19-32(40)37-4)17-23-7-9-24(20-36)10-8-23/h5-16,18,27,38H,17,19,21H2,1-4H3,(H,37,40)(H,39,41)/t27-/m1/s1. The molecule has 4 rings (SSSR count). The van der Waals surface area contributed by atoms with E-state index in [2.05, 4.69) is 67.1 Å². The van der Waals surface area contributed by atoms with Crippen LogP contribution in [0.1, 0.15) is 58.6 Å². The Balaban J connectivity index is 1.47. The van der Waals surface area contributed by atoms with Crippen LogP contribution >= 0.6 is 11.6 Å². The van der Waals surface area contributed by atoms with E-state index in [-0.39, 0.29) is 23.4 Å². The summed E-state index contributed by atoms with van der Waals surface area (Å²) in [5.41, 5.74) is 4.58. The van der Waals surface area contributed by atoms with Crippen LogP contribution in [0.2, 0.25) is 5.02 Å². The van der Waals surface area contributed by atoms with Crippen LogP contribution in [0.25, 0.3) is 11.3 Å². The van der Waals surface area contributed by atoms with Crippen molar-refractivity contribution in [2.75, 3.05) is 7.05 Å². The molecule has 0 spiro atoms. The summed E-state index contributed by atoms with van der Waals surface area (Å²) >= 11 is 6.45. The summed E-state index contributed by atoms with van der Waals surface area (Å²) in [5.74, 6) is 0.790. The molecular weight excluding hydrogens is 548 g/mol. The third-order valence-electron chi connectivity index (χ3n) is 7.25. The average molecular weight is 583 g/mol. The fraction of sp³-hybridized carbons (Fsp3) is 0.265. The Labute approximate surface area is 251 Å². The van der Waals surface area contributed by atoms with Crippen molar-refractivity contribution in [2.24, 2.45) is 0 Å². The molecule has 0 saturated carbocycles. The molecule has 0 aliphatic heterocycles. The summed E-state index contributed by atoms with van der Waals surface area (Å²) < 4.78 is 6.13. The normalized spacial score (nSPS) is 11.9. The number of nitriles is 1. The van der Waals surface area contributed by atoms with Crippen molar-refractivity contribution < 1.29 is 14.0 Å². The zero-order valence-electron chi connectivity index (χ0n) is 24.3. The van der Waals surface area contributed by atoms with Crippen LogP contribution in [0.15, 0.2) is 83.3 Å². The first kappa shape index (κ1) is 30.6. The first-order valence-electron chi connectivity index (χ1n) is 13.8. The number of hydrogen-bond acceptors (Lipinski definition) is 5. The first-order valence-corrected chi connectivity index (χ1v) is 14.2. The number of benzene rings is 3. The highest BCUT2D eigenvalue weighted by atomic mass is 35.5. The summed E-state index contributed by atoms with van der Waals surface area (Å²) in [6.07, 6.45) is 0.503. The lowest BCUT2D eigenvalue weighted by Crippen LogP contribution is -2.40. The second-order valence-corrected chi connectivity index (χ2v) is 11.3. The van der Waals surface area contributed by atoms with Crippen molar-refractivity contribution in [2.45, 2.75) is 51.7 Å². The second-order valence-electron chi connectivity index (χ2n) is 10.9. The number of nitrogens with zero attached hydrogens (tertiary/aromatic N) is 1. The minimum Gasteiger partial charge on any atom is -0.460 e. The lowest BCUT2D eigenvalue weighted by Gasteiger charge is -2.26. The fourth-order valence-electron chi connectivity index (χ4n) is 4.62. The molecule has 0 aliphatic rings. The molecule has 0 saturated heterocycles. The number of nitrogens with one attached hydrogen (secondary N) is 3. The Morgan fingerprint density at radius 3 is 2.38 bits per heavy atom. The third kappa shape index (κ3) is 7.88. The van der Waals surface area contributed by atoms with Gasteiger partial charge in [-0.3, -0.25) is 9.59 Å². The molecule has 1 heterocycles. The summed E-state index contributed by atoms with van der Waals surface area (Å²) in [4.78, 5) is 25.6. The van der Waals surface area contributed by atoms with E-state index in [4.69, 9.17) is 21.3 Å². The minimum atomic E-state index is -0.483. The van der Waals surface area contributed by atoms with Gasteiger partial charge in [-0.05, 0) is 80.8 Å². The minimum absolute atomic E-state index is 0.0903. The van der Waals surface area contributed by atoms with E-state index < -0.39 is 11.9 Å². The molecule has 3 aromatic carbocycles. The number of hydrogen-bond donors (Lipinski definition) is 3. The lowest BCUT2D eigenvalue weighted by atomic mass is 9.93. The molecule has 1 aromatic heterocycles. The van der Waals surface area contributed by atoms with Crippen molar-refractivity contribution in [3.8, 4) is 17.4 Å². The van der Waals surface area contributed by atoms with E-state index in [1.165, 1.54) is 11.1 Å². The molecule has 8 heteroatoms. The Morgan fingerprint density at radius 1 is 1.00 bits per heavy atom. The number of furan rings is 1. The summed E-state index contributed by atoms with van der Waals surface area (Å²) in [6.45, 7) is 6.86. The smallest absolute Gasteiger partial charge is 0.253 e. The van der Waals surface area contributed by atoms with Gasteiger partial charge in [0.15, 0.2) is 0 Å². The maximum Gasteiger partial charge on any atom is 0.253 e. The number of carbonyl (C=O) groups excluding carboxylic acids is 2. The van der Waals surface area contributed by atoms with Crippen LogP contribution in [-0.4, -0.2) is 24.9 Å². The van der Waals surface area contributed by atoms with Gasteiger partial charge >= 0.3 is 0 Å².